The van der Waals surface area contributed by atoms with Crippen molar-refractivity contribution in [3.8, 4) is 0 Å². The number of carbonyl (C=O) groups is 1. The Morgan fingerprint density at radius 1 is 1.17 bits per heavy atom. The smallest absolute Gasteiger partial charge is 0.348 e. The van der Waals surface area contributed by atoms with Crippen LogP contribution in [-0.4, -0.2) is 36.0 Å². The Hall–Kier alpha value is -1.71. The summed E-state index contributed by atoms with van der Waals surface area (Å²) >= 11 is 1.07. The largest absolute Gasteiger partial charge is 0.462 e. The third-order valence-electron chi connectivity index (χ3n) is 5.41. The van der Waals surface area contributed by atoms with Gasteiger partial charge in [-0.25, -0.2) is 9.59 Å². The molecule has 0 amide bonds. The molecular weight excluding hydrogens is 408 g/mol. The molecular formula is C20H32N2O5SSi. The van der Waals surface area contributed by atoms with Gasteiger partial charge in [0.1, 0.15) is 9.71 Å². The first-order valence-electron chi connectivity index (χ1n) is 9.75. The van der Waals surface area contributed by atoms with Gasteiger partial charge in [-0.05, 0) is 51.4 Å². The Balaban J connectivity index is 2.52. The van der Waals surface area contributed by atoms with E-state index in [0.717, 1.165) is 11.3 Å². The molecule has 29 heavy (non-hydrogen) atoms. The van der Waals surface area contributed by atoms with Crippen LogP contribution < -0.4 is 11.2 Å². The first-order chi connectivity index (χ1) is 13.1. The Morgan fingerprint density at radius 2 is 1.76 bits per heavy atom. The fourth-order valence-corrected chi connectivity index (χ4v) is 5.88. The van der Waals surface area contributed by atoms with Crippen molar-refractivity contribution in [2.45, 2.75) is 78.7 Å². The van der Waals surface area contributed by atoms with E-state index >= 15 is 0 Å². The summed E-state index contributed by atoms with van der Waals surface area (Å²) in [6.45, 7) is 18.3. The average Bonchev–Trinajstić information content (AvgIpc) is 2.86. The lowest BCUT2D eigenvalue weighted by molar-refractivity contribution is 0.0531. The number of fused-ring (bicyclic) bond motifs is 1. The van der Waals surface area contributed by atoms with Crippen molar-refractivity contribution >= 4 is 35.8 Å². The second-order valence-corrected chi connectivity index (χ2v) is 15.2. The zero-order valence-electron chi connectivity index (χ0n) is 18.8. The number of esters is 1. The van der Waals surface area contributed by atoms with Gasteiger partial charge < -0.3 is 9.16 Å². The maximum absolute atomic E-state index is 13.2. The second-order valence-electron chi connectivity index (χ2n) is 9.42. The highest BCUT2D eigenvalue weighted by Crippen LogP contribution is 2.39. The predicted octanol–water partition coefficient (Wildman–Crippen LogP) is 4.04. The van der Waals surface area contributed by atoms with Gasteiger partial charge in [-0.3, -0.25) is 14.3 Å². The molecule has 0 aliphatic carbocycles. The molecule has 2 aromatic heterocycles. The molecule has 0 aliphatic rings. The summed E-state index contributed by atoms with van der Waals surface area (Å²) < 4.78 is 12.7. The summed E-state index contributed by atoms with van der Waals surface area (Å²) in [5.74, 6) is -0.486. The molecule has 0 atom stereocenters. The molecule has 162 valence electrons. The van der Waals surface area contributed by atoms with Gasteiger partial charge in [-0.2, -0.15) is 0 Å². The third kappa shape index (κ3) is 4.72. The van der Waals surface area contributed by atoms with E-state index in [9.17, 15) is 14.4 Å². The first kappa shape index (κ1) is 23.6. The molecule has 0 saturated carbocycles. The first-order valence-corrected chi connectivity index (χ1v) is 13.5. The summed E-state index contributed by atoms with van der Waals surface area (Å²) in [4.78, 5) is 41.5. The minimum Gasteiger partial charge on any atom is -0.462 e. The number of hydrogen-bond acceptors (Lipinski definition) is 6. The van der Waals surface area contributed by atoms with Crippen LogP contribution >= 0.6 is 11.3 Å². The molecule has 7 nitrogen and oxygen atoms in total. The van der Waals surface area contributed by atoms with E-state index in [4.69, 9.17) is 9.16 Å². The zero-order chi connectivity index (χ0) is 22.4. The number of ether oxygens (including phenoxy) is 1. The van der Waals surface area contributed by atoms with Crippen LogP contribution in [0.1, 0.15) is 56.8 Å². The highest BCUT2D eigenvalue weighted by molar-refractivity contribution is 7.20. The Morgan fingerprint density at radius 3 is 2.28 bits per heavy atom. The number of carbonyl (C=O) groups excluding carboxylic acids is 1. The van der Waals surface area contributed by atoms with Gasteiger partial charge >= 0.3 is 11.7 Å². The van der Waals surface area contributed by atoms with E-state index in [0.29, 0.717) is 20.7 Å². The summed E-state index contributed by atoms with van der Waals surface area (Å²) in [5, 5.41) is 0.352. The molecule has 0 unspecified atom stereocenters. The maximum atomic E-state index is 13.2. The van der Waals surface area contributed by atoms with Crippen molar-refractivity contribution in [2.24, 2.45) is 0 Å². The molecule has 0 saturated heterocycles. The molecule has 2 rings (SSSR count). The minimum atomic E-state index is -2.10. The Kier molecular flexibility index (Phi) is 6.37. The number of hydrogen-bond donors (Lipinski definition) is 1. The highest BCUT2D eigenvalue weighted by atomic mass is 32.1. The van der Waals surface area contributed by atoms with Crippen molar-refractivity contribution in [2.75, 3.05) is 6.61 Å². The van der Waals surface area contributed by atoms with Gasteiger partial charge in [-0.15, -0.1) is 11.3 Å². The molecule has 0 spiro atoms. The SMILES string of the molecule is CCOC(=O)c1sc2[nH]c(=O)n(CC(C)(C)O[Si](C)(C)C(C)(C)C)c(=O)c2c1C. The van der Waals surface area contributed by atoms with Crippen molar-refractivity contribution in [1.29, 1.82) is 0 Å². The fraction of sp³-hybridized carbons (Fsp3) is 0.650. The fourth-order valence-electron chi connectivity index (χ4n) is 3.04. The van der Waals surface area contributed by atoms with Crippen LogP contribution in [0.2, 0.25) is 18.1 Å². The monoisotopic (exact) mass is 440 g/mol. The summed E-state index contributed by atoms with van der Waals surface area (Å²) in [6.07, 6.45) is 0. The van der Waals surface area contributed by atoms with E-state index in [2.05, 4.69) is 38.8 Å². The van der Waals surface area contributed by atoms with E-state index in [1.807, 2.05) is 13.8 Å². The van der Waals surface area contributed by atoms with Gasteiger partial charge in [-0.1, -0.05) is 20.8 Å². The highest BCUT2D eigenvalue weighted by Gasteiger charge is 2.41. The quantitative estimate of drug-likeness (QED) is 0.541. The lowest BCUT2D eigenvalue weighted by Gasteiger charge is -2.42. The number of H-pyrrole nitrogens is 1. The van der Waals surface area contributed by atoms with Gasteiger partial charge in [0.15, 0.2) is 8.32 Å². The predicted molar refractivity (Wildman–Crippen MR) is 120 cm³/mol. The van der Waals surface area contributed by atoms with Gasteiger partial charge in [0, 0.05) is 0 Å². The van der Waals surface area contributed by atoms with Crippen LogP contribution in [-0.2, 0) is 15.7 Å². The van der Waals surface area contributed by atoms with Crippen molar-refractivity contribution in [3.05, 3.63) is 31.3 Å². The van der Waals surface area contributed by atoms with Gasteiger partial charge in [0.25, 0.3) is 5.56 Å². The molecule has 0 radical (unpaired) electrons. The summed E-state index contributed by atoms with van der Waals surface area (Å²) in [5.41, 5.74) is -1.10. The van der Waals surface area contributed by atoms with Gasteiger partial charge in [0.2, 0.25) is 0 Å². The second kappa shape index (κ2) is 7.85. The number of nitrogens with zero attached hydrogens (tertiary/aromatic N) is 1. The lowest BCUT2D eigenvalue weighted by Crippen LogP contribution is -2.51. The average molecular weight is 441 g/mol. The summed E-state index contributed by atoms with van der Waals surface area (Å²) in [7, 11) is -2.10. The lowest BCUT2D eigenvalue weighted by atomic mass is 10.1. The van der Waals surface area contributed by atoms with Crippen LogP contribution in [0.25, 0.3) is 10.2 Å². The zero-order valence-corrected chi connectivity index (χ0v) is 20.6. The number of aromatic nitrogens is 2. The van der Waals surface area contributed by atoms with E-state index < -0.39 is 31.1 Å². The number of thiophene rings is 1. The molecule has 2 aromatic rings. The Bertz CT molecular complexity index is 1040. The minimum absolute atomic E-state index is 0.00406. The number of nitrogens with one attached hydrogen (secondary N) is 1. The maximum Gasteiger partial charge on any atom is 0.348 e. The Labute approximate surface area is 176 Å². The molecule has 2 heterocycles. The number of aromatic amines is 1. The van der Waals surface area contributed by atoms with Crippen LogP contribution in [0.15, 0.2) is 9.59 Å². The molecule has 0 fully saturated rings. The number of rotatable bonds is 6. The third-order valence-corrected chi connectivity index (χ3v) is 11.3. The van der Waals surface area contributed by atoms with E-state index in [1.54, 1.807) is 13.8 Å². The molecule has 0 aliphatic heterocycles. The van der Waals surface area contributed by atoms with Crippen molar-refractivity contribution < 1.29 is 14.0 Å². The van der Waals surface area contributed by atoms with E-state index in [-0.39, 0.29) is 18.2 Å². The van der Waals surface area contributed by atoms with Crippen LogP contribution in [0.5, 0.6) is 0 Å². The van der Waals surface area contributed by atoms with Crippen LogP contribution in [0, 0.1) is 6.92 Å². The topological polar surface area (TPSA) is 90.4 Å². The number of aryl methyl sites for hydroxylation is 1. The van der Waals surface area contributed by atoms with Crippen LogP contribution in [0.4, 0.5) is 0 Å². The molecule has 0 bridgehead atoms. The van der Waals surface area contributed by atoms with Crippen molar-refractivity contribution in [3.63, 3.8) is 0 Å². The van der Waals surface area contributed by atoms with Crippen molar-refractivity contribution in [1.82, 2.24) is 9.55 Å². The summed E-state index contributed by atoms with van der Waals surface area (Å²) in [6, 6.07) is 0. The normalized spacial score (nSPS) is 13.1. The standard InChI is InChI=1S/C20H32N2O5SSi/c1-10-26-17(24)14-12(2)13-15(28-14)21-18(25)22(16(13)23)11-20(6,7)27-29(8,9)19(3,4)5/h10-11H2,1-9H3,(H,21,25). The van der Waals surface area contributed by atoms with E-state index in [1.165, 1.54) is 4.57 Å². The molecule has 0 aromatic carbocycles. The van der Waals surface area contributed by atoms with Crippen LogP contribution in [0.3, 0.4) is 0 Å². The molecule has 1 N–H and O–H groups in total. The molecule has 9 heteroatoms. The van der Waals surface area contributed by atoms with Gasteiger partial charge in [0.05, 0.1) is 24.1 Å².